The summed E-state index contributed by atoms with van der Waals surface area (Å²) < 4.78 is 4.84. The van der Waals surface area contributed by atoms with Gasteiger partial charge in [-0.3, -0.25) is 0 Å². The lowest BCUT2D eigenvalue weighted by Crippen LogP contribution is -2.23. The molecule has 4 heteroatoms. The van der Waals surface area contributed by atoms with Crippen LogP contribution in [0.1, 0.15) is 0 Å². The number of fused-ring (bicyclic) bond motifs is 7. The van der Waals surface area contributed by atoms with E-state index in [-0.39, 0.29) is 0 Å². The van der Waals surface area contributed by atoms with Gasteiger partial charge >= 0.3 is 0 Å². The van der Waals surface area contributed by atoms with Crippen LogP contribution in [0.2, 0.25) is 0 Å². The zero-order valence-corrected chi connectivity index (χ0v) is 29.4. The molecule has 0 amide bonds. The second-order valence-corrected chi connectivity index (χ2v) is 13.8. The molecule has 0 N–H and O–H groups in total. The van der Waals surface area contributed by atoms with Crippen LogP contribution in [-0.4, -0.2) is 9.13 Å². The Bertz CT molecular complexity index is 2930. The first-order chi connectivity index (χ1) is 26.8. The smallest absolute Gasteiger partial charge is 0.0788 e. The number of benzene rings is 8. The molecule has 254 valence electrons. The highest BCUT2D eigenvalue weighted by atomic mass is 15.3. The molecule has 3 heterocycles. The van der Waals surface area contributed by atoms with Gasteiger partial charge in [0.05, 0.1) is 39.3 Å². The molecule has 0 saturated carbocycles. The van der Waals surface area contributed by atoms with Crippen molar-refractivity contribution < 1.29 is 0 Å². The first kappa shape index (κ1) is 30.3. The van der Waals surface area contributed by atoms with Crippen LogP contribution in [0.3, 0.4) is 0 Å². The number of rotatable bonds is 5. The Balaban J connectivity index is 1.13. The van der Waals surface area contributed by atoms with Crippen LogP contribution in [0.25, 0.3) is 55.2 Å². The monoisotopic (exact) mass is 690 g/mol. The van der Waals surface area contributed by atoms with E-state index in [1.807, 2.05) is 0 Å². The summed E-state index contributed by atoms with van der Waals surface area (Å²) in [5, 5.41) is 3.69. The molecular weight excluding hydrogens is 657 g/mol. The number of hydrogen-bond acceptors (Lipinski definition) is 2. The zero-order chi connectivity index (χ0) is 35.6. The minimum Gasteiger partial charge on any atom is -0.314 e. The SMILES string of the molecule is c1ccc(-c2cn(-c3ccccc3)c3c2ccc2c4ccccc4n(-c4ccc(N5c6ccccc6N(c6ccccc6)c6ccccc65)cc4)c23)cc1. The molecule has 2 aromatic heterocycles. The van der Waals surface area contributed by atoms with Crippen LogP contribution < -0.4 is 9.80 Å². The maximum absolute atomic E-state index is 2.46. The molecule has 0 spiro atoms. The van der Waals surface area contributed by atoms with Crippen molar-refractivity contribution in [2.45, 2.75) is 0 Å². The van der Waals surface area contributed by atoms with Gasteiger partial charge in [0.25, 0.3) is 0 Å². The van der Waals surface area contributed by atoms with Crippen molar-refractivity contribution in [2.75, 3.05) is 9.80 Å². The Kier molecular flexibility index (Phi) is 6.82. The highest BCUT2D eigenvalue weighted by molar-refractivity contribution is 6.20. The summed E-state index contributed by atoms with van der Waals surface area (Å²) in [4.78, 5) is 4.76. The van der Waals surface area contributed by atoms with Crippen molar-refractivity contribution >= 4 is 66.8 Å². The van der Waals surface area contributed by atoms with E-state index in [1.165, 1.54) is 43.8 Å². The van der Waals surface area contributed by atoms with E-state index < -0.39 is 0 Å². The third-order valence-corrected chi connectivity index (χ3v) is 10.8. The number of para-hydroxylation sites is 7. The molecule has 1 aliphatic heterocycles. The fraction of sp³-hybridized carbons (Fsp3) is 0. The number of hydrogen-bond donors (Lipinski definition) is 0. The minimum absolute atomic E-state index is 1.11. The van der Waals surface area contributed by atoms with Gasteiger partial charge in [-0.05, 0) is 84.4 Å². The third-order valence-electron chi connectivity index (χ3n) is 10.8. The molecule has 11 rings (SSSR count). The van der Waals surface area contributed by atoms with Gasteiger partial charge < -0.3 is 18.9 Å². The second kappa shape index (κ2) is 12.1. The van der Waals surface area contributed by atoms with Crippen molar-refractivity contribution in [2.24, 2.45) is 0 Å². The maximum Gasteiger partial charge on any atom is 0.0788 e. The fourth-order valence-corrected chi connectivity index (χ4v) is 8.50. The Hall–Kier alpha value is -7.30. The summed E-state index contributed by atoms with van der Waals surface area (Å²) in [6.07, 6.45) is 2.31. The van der Waals surface area contributed by atoms with Crippen molar-refractivity contribution in [3.05, 3.63) is 206 Å². The van der Waals surface area contributed by atoms with Crippen LogP contribution in [0.4, 0.5) is 34.1 Å². The summed E-state index contributed by atoms with van der Waals surface area (Å²) in [7, 11) is 0. The van der Waals surface area contributed by atoms with Gasteiger partial charge in [0, 0.05) is 50.7 Å². The van der Waals surface area contributed by atoms with Gasteiger partial charge in [0.2, 0.25) is 0 Å². The Morgan fingerprint density at radius 2 is 0.759 bits per heavy atom. The van der Waals surface area contributed by atoms with Crippen LogP contribution >= 0.6 is 0 Å². The van der Waals surface area contributed by atoms with E-state index in [0.29, 0.717) is 0 Å². The van der Waals surface area contributed by atoms with Crippen molar-refractivity contribution in [3.63, 3.8) is 0 Å². The van der Waals surface area contributed by atoms with E-state index in [2.05, 4.69) is 225 Å². The normalized spacial score (nSPS) is 12.4. The number of nitrogens with zero attached hydrogens (tertiary/aromatic N) is 4. The topological polar surface area (TPSA) is 16.3 Å². The molecule has 0 unspecified atom stereocenters. The molecule has 0 saturated heterocycles. The summed E-state index contributed by atoms with van der Waals surface area (Å²) in [5.74, 6) is 0. The van der Waals surface area contributed by atoms with E-state index in [4.69, 9.17) is 0 Å². The van der Waals surface area contributed by atoms with Gasteiger partial charge in [-0.1, -0.05) is 121 Å². The van der Waals surface area contributed by atoms with Crippen molar-refractivity contribution in [3.8, 4) is 22.5 Å². The quantitative estimate of drug-likeness (QED) is 0.179. The molecule has 10 aromatic rings. The Labute approximate surface area is 313 Å². The Morgan fingerprint density at radius 3 is 1.37 bits per heavy atom. The highest BCUT2D eigenvalue weighted by Gasteiger charge is 2.30. The molecule has 0 aliphatic carbocycles. The summed E-state index contributed by atoms with van der Waals surface area (Å²) in [6.45, 7) is 0. The predicted octanol–water partition coefficient (Wildman–Crippen LogP) is 13.6. The molecule has 0 fully saturated rings. The molecule has 8 aromatic carbocycles. The lowest BCUT2D eigenvalue weighted by atomic mass is 10.0. The van der Waals surface area contributed by atoms with Gasteiger partial charge in [0.1, 0.15) is 0 Å². The van der Waals surface area contributed by atoms with Crippen LogP contribution in [0.5, 0.6) is 0 Å². The maximum atomic E-state index is 2.46. The molecule has 54 heavy (non-hydrogen) atoms. The van der Waals surface area contributed by atoms with Crippen LogP contribution in [-0.2, 0) is 0 Å². The van der Waals surface area contributed by atoms with Gasteiger partial charge in [-0.15, -0.1) is 0 Å². The summed E-state index contributed by atoms with van der Waals surface area (Å²) in [5.41, 5.74) is 15.1. The van der Waals surface area contributed by atoms with Gasteiger partial charge in [-0.2, -0.15) is 0 Å². The first-order valence-electron chi connectivity index (χ1n) is 18.5. The molecule has 1 aliphatic rings. The average Bonchev–Trinajstić information content (AvgIpc) is 3.80. The van der Waals surface area contributed by atoms with E-state index in [9.17, 15) is 0 Å². The zero-order valence-electron chi connectivity index (χ0n) is 29.4. The fourth-order valence-electron chi connectivity index (χ4n) is 8.50. The van der Waals surface area contributed by atoms with Gasteiger partial charge in [-0.25, -0.2) is 0 Å². The van der Waals surface area contributed by atoms with Gasteiger partial charge in [0.15, 0.2) is 0 Å². The molecular formula is C50H34N4. The standard InChI is InChI=1S/C50H34N4/c1-4-16-35(17-5-1)43-34-51(36-18-6-2-7-19-36)49-42(43)33-32-41-40-22-10-11-23-44(40)54(50(41)49)39-30-28-38(29-31-39)53-47-26-14-12-24-45(47)52(37-20-8-3-9-21-37)46-25-13-15-27-48(46)53/h1-34H. The molecule has 0 atom stereocenters. The van der Waals surface area contributed by atoms with Crippen LogP contribution in [0.15, 0.2) is 206 Å². The van der Waals surface area contributed by atoms with Crippen molar-refractivity contribution in [1.29, 1.82) is 0 Å². The highest BCUT2D eigenvalue weighted by Crippen LogP contribution is 2.54. The summed E-state index contributed by atoms with van der Waals surface area (Å²) >= 11 is 0. The van der Waals surface area contributed by atoms with E-state index in [0.717, 1.165) is 45.5 Å². The molecule has 0 bridgehead atoms. The number of anilines is 6. The predicted molar refractivity (Wildman–Crippen MR) is 226 cm³/mol. The molecule has 0 radical (unpaired) electrons. The van der Waals surface area contributed by atoms with Crippen LogP contribution in [0, 0.1) is 0 Å². The van der Waals surface area contributed by atoms with E-state index in [1.54, 1.807) is 0 Å². The third kappa shape index (κ3) is 4.57. The first-order valence-corrected chi connectivity index (χ1v) is 18.5. The second-order valence-electron chi connectivity index (χ2n) is 13.8. The van der Waals surface area contributed by atoms with Crippen molar-refractivity contribution in [1.82, 2.24) is 9.13 Å². The summed E-state index contributed by atoms with van der Waals surface area (Å²) in [6, 6.07) is 72.0. The molecule has 4 nitrogen and oxygen atoms in total. The number of aromatic nitrogens is 2. The minimum atomic E-state index is 1.11. The largest absolute Gasteiger partial charge is 0.314 e. The Morgan fingerprint density at radius 1 is 0.296 bits per heavy atom. The van der Waals surface area contributed by atoms with E-state index >= 15 is 0 Å². The lowest BCUT2D eigenvalue weighted by molar-refractivity contribution is 1.11. The lowest BCUT2D eigenvalue weighted by Gasteiger charge is -2.40. The average molecular weight is 691 g/mol.